The number of hydrogen-bond donors (Lipinski definition) is 0. The van der Waals surface area contributed by atoms with Gasteiger partial charge in [-0.2, -0.15) is 0 Å². The van der Waals surface area contributed by atoms with Crippen LogP contribution < -0.4 is 0 Å². The number of hydrogen-bond acceptors (Lipinski definition) is 4. The topological polar surface area (TPSA) is 29.5 Å². The van der Waals surface area contributed by atoms with Crippen LogP contribution in [0.25, 0.3) is 0 Å². The number of ether oxygens (including phenoxy) is 1. The van der Waals surface area contributed by atoms with Crippen LogP contribution >= 0.6 is 22.9 Å². The maximum absolute atomic E-state index is 12.2. The number of likely N-dealkylation sites (tertiary alicyclic amines) is 1. The first-order valence-corrected chi connectivity index (χ1v) is 7.66. The van der Waals surface area contributed by atoms with Crippen LogP contribution in [0.1, 0.15) is 17.7 Å². The standard InChI is InChI=1S/C13H16ClF2NO2S/c14-11-2-1-10(20-11)7-13(18)19-9-3-5-17(6-4-9)8-12(15)16/h1-2,9,12H,3-8H2. The van der Waals surface area contributed by atoms with E-state index in [9.17, 15) is 13.6 Å². The van der Waals surface area contributed by atoms with Crippen LogP contribution in [0.4, 0.5) is 8.78 Å². The van der Waals surface area contributed by atoms with Gasteiger partial charge in [0, 0.05) is 18.0 Å². The summed E-state index contributed by atoms with van der Waals surface area (Å²) in [5, 5.41) is 0. The third-order valence-corrected chi connectivity index (χ3v) is 4.41. The summed E-state index contributed by atoms with van der Waals surface area (Å²) in [6.45, 7) is 0.897. The van der Waals surface area contributed by atoms with Gasteiger partial charge in [-0.25, -0.2) is 8.78 Å². The van der Waals surface area contributed by atoms with Crippen LogP contribution in [0.5, 0.6) is 0 Å². The monoisotopic (exact) mass is 323 g/mol. The molecule has 0 unspecified atom stereocenters. The second kappa shape index (κ2) is 7.33. The third kappa shape index (κ3) is 5.00. The van der Waals surface area contributed by atoms with Crippen LogP contribution in [0, 0.1) is 0 Å². The molecule has 2 heterocycles. The molecule has 0 amide bonds. The molecule has 0 aliphatic carbocycles. The summed E-state index contributed by atoms with van der Waals surface area (Å²) in [6, 6.07) is 3.55. The molecule has 0 saturated carbocycles. The minimum absolute atomic E-state index is 0.160. The van der Waals surface area contributed by atoms with Crippen molar-refractivity contribution in [2.45, 2.75) is 31.8 Å². The van der Waals surface area contributed by atoms with Gasteiger partial charge in [0.2, 0.25) is 0 Å². The fourth-order valence-electron chi connectivity index (χ4n) is 2.22. The van der Waals surface area contributed by atoms with Crippen molar-refractivity contribution in [2.75, 3.05) is 19.6 Å². The van der Waals surface area contributed by atoms with Gasteiger partial charge in [-0.05, 0) is 25.0 Å². The molecule has 7 heteroatoms. The van der Waals surface area contributed by atoms with E-state index < -0.39 is 6.43 Å². The van der Waals surface area contributed by atoms with Crippen LogP contribution in [0.3, 0.4) is 0 Å². The Balaban J connectivity index is 1.71. The fourth-order valence-corrected chi connectivity index (χ4v) is 3.29. The van der Waals surface area contributed by atoms with Crippen LogP contribution in [0.15, 0.2) is 12.1 Å². The Kier molecular flexibility index (Phi) is 5.74. The van der Waals surface area contributed by atoms with E-state index in [4.69, 9.17) is 16.3 Å². The second-order valence-corrected chi connectivity index (χ2v) is 6.56. The molecule has 0 bridgehead atoms. The number of carbonyl (C=O) groups is 1. The van der Waals surface area contributed by atoms with Crippen LogP contribution in [-0.4, -0.2) is 43.0 Å². The van der Waals surface area contributed by atoms with Gasteiger partial charge in [0.05, 0.1) is 17.3 Å². The Bertz CT molecular complexity index is 447. The maximum Gasteiger partial charge on any atom is 0.311 e. The van der Waals surface area contributed by atoms with Gasteiger partial charge >= 0.3 is 5.97 Å². The minimum Gasteiger partial charge on any atom is -0.462 e. The molecule has 1 aromatic heterocycles. The molecule has 0 radical (unpaired) electrons. The van der Waals surface area contributed by atoms with E-state index in [1.807, 2.05) is 0 Å². The van der Waals surface area contributed by atoms with Gasteiger partial charge in [0.25, 0.3) is 6.43 Å². The number of alkyl halides is 2. The van der Waals surface area contributed by atoms with E-state index in [0.717, 1.165) is 4.88 Å². The first kappa shape index (κ1) is 15.7. The smallest absolute Gasteiger partial charge is 0.311 e. The summed E-state index contributed by atoms with van der Waals surface area (Å²) in [4.78, 5) is 14.3. The zero-order valence-electron chi connectivity index (χ0n) is 10.9. The van der Waals surface area contributed by atoms with Crippen molar-refractivity contribution in [1.82, 2.24) is 4.90 Å². The zero-order valence-corrected chi connectivity index (χ0v) is 12.4. The van der Waals surface area contributed by atoms with Gasteiger partial charge in [0.15, 0.2) is 0 Å². The molecule has 1 fully saturated rings. The molecule has 0 aromatic carbocycles. The van der Waals surface area contributed by atoms with Crippen molar-refractivity contribution in [3.8, 4) is 0 Å². The van der Waals surface area contributed by atoms with Crippen molar-refractivity contribution in [3.05, 3.63) is 21.3 Å². The van der Waals surface area contributed by atoms with Crippen molar-refractivity contribution < 1.29 is 18.3 Å². The summed E-state index contributed by atoms with van der Waals surface area (Å²) in [7, 11) is 0. The highest BCUT2D eigenvalue weighted by molar-refractivity contribution is 7.16. The quantitative estimate of drug-likeness (QED) is 0.779. The Hall–Kier alpha value is -0.720. The molecule has 112 valence electrons. The van der Waals surface area contributed by atoms with Crippen molar-refractivity contribution in [1.29, 1.82) is 0 Å². The summed E-state index contributed by atoms with van der Waals surface area (Å²) < 4.78 is 30.5. The van der Waals surface area contributed by atoms with Gasteiger partial charge in [0.1, 0.15) is 6.10 Å². The highest BCUT2D eigenvalue weighted by Crippen LogP contribution is 2.22. The molecule has 1 aliphatic heterocycles. The van der Waals surface area contributed by atoms with Crippen molar-refractivity contribution in [3.63, 3.8) is 0 Å². The second-order valence-electron chi connectivity index (χ2n) is 4.76. The highest BCUT2D eigenvalue weighted by Gasteiger charge is 2.24. The van der Waals surface area contributed by atoms with E-state index in [-0.39, 0.29) is 25.0 Å². The number of nitrogens with zero attached hydrogens (tertiary/aromatic N) is 1. The molecule has 0 N–H and O–H groups in total. The summed E-state index contributed by atoms with van der Waals surface area (Å²) in [5.74, 6) is -0.282. The average molecular weight is 324 g/mol. The lowest BCUT2D eigenvalue weighted by Gasteiger charge is -2.31. The molecule has 1 saturated heterocycles. The van der Waals surface area contributed by atoms with E-state index in [0.29, 0.717) is 30.3 Å². The first-order chi connectivity index (χ1) is 9.52. The van der Waals surface area contributed by atoms with Crippen molar-refractivity contribution >= 4 is 28.9 Å². The fraction of sp³-hybridized carbons (Fsp3) is 0.615. The molecule has 3 nitrogen and oxygen atoms in total. The van der Waals surface area contributed by atoms with Crippen LogP contribution in [0.2, 0.25) is 4.34 Å². The molecule has 0 atom stereocenters. The van der Waals surface area contributed by atoms with Crippen LogP contribution in [-0.2, 0) is 16.0 Å². The lowest BCUT2D eigenvalue weighted by molar-refractivity contribution is -0.150. The molecule has 1 aliphatic rings. The third-order valence-electron chi connectivity index (χ3n) is 3.18. The summed E-state index contributed by atoms with van der Waals surface area (Å²) in [5.41, 5.74) is 0. The molecule has 1 aromatic rings. The van der Waals surface area contributed by atoms with Gasteiger partial charge in [-0.15, -0.1) is 11.3 Å². The lowest BCUT2D eigenvalue weighted by Crippen LogP contribution is -2.40. The number of carbonyl (C=O) groups excluding carboxylic acids is 1. The summed E-state index contributed by atoms with van der Waals surface area (Å²) in [6.07, 6.45) is -1.02. The number of thiophene rings is 1. The lowest BCUT2D eigenvalue weighted by atomic mass is 10.1. The normalized spacial score (nSPS) is 17.6. The Morgan fingerprint density at radius 3 is 2.70 bits per heavy atom. The van der Waals surface area contributed by atoms with E-state index in [1.54, 1.807) is 17.0 Å². The molecular weight excluding hydrogens is 308 g/mol. The SMILES string of the molecule is O=C(Cc1ccc(Cl)s1)OC1CCN(CC(F)F)CC1. The first-order valence-electron chi connectivity index (χ1n) is 6.47. The van der Waals surface area contributed by atoms with Crippen molar-refractivity contribution in [2.24, 2.45) is 0 Å². The predicted molar refractivity (Wildman–Crippen MR) is 74.6 cm³/mol. The van der Waals surface area contributed by atoms with Gasteiger partial charge in [-0.3, -0.25) is 9.69 Å². The molecular formula is C13H16ClF2NO2S. The van der Waals surface area contributed by atoms with Gasteiger partial charge < -0.3 is 4.74 Å². The number of esters is 1. The summed E-state index contributed by atoms with van der Waals surface area (Å²) >= 11 is 7.15. The van der Waals surface area contributed by atoms with E-state index in [1.165, 1.54) is 11.3 Å². The number of halogens is 3. The highest BCUT2D eigenvalue weighted by atomic mass is 35.5. The molecule has 20 heavy (non-hydrogen) atoms. The zero-order chi connectivity index (χ0) is 14.5. The largest absolute Gasteiger partial charge is 0.462 e. The maximum atomic E-state index is 12.2. The number of piperidine rings is 1. The Labute approximate surface area is 125 Å². The van der Waals surface area contributed by atoms with E-state index in [2.05, 4.69) is 0 Å². The predicted octanol–water partition coefficient (Wildman–Crippen LogP) is 3.22. The Morgan fingerprint density at radius 2 is 2.15 bits per heavy atom. The van der Waals surface area contributed by atoms with E-state index >= 15 is 0 Å². The van der Waals surface area contributed by atoms with Gasteiger partial charge in [-0.1, -0.05) is 11.6 Å². The molecule has 2 rings (SSSR count). The minimum atomic E-state index is -2.31. The Morgan fingerprint density at radius 1 is 1.45 bits per heavy atom. The molecule has 0 spiro atoms. The number of rotatable bonds is 5. The average Bonchev–Trinajstić information content (AvgIpc) is 2.76.